The number of rotatable bonds is 9. The molecule has 1 N–H and O–H groups in total. The van der Waals surface area contributed by atoms with Crippen molar-refractivity contribution in [2.24, 2.45) is 0 Å². The average molecular weight is 538 g/mol. The second kappa shape index (κ2) is 13.3. The lowest BCUT2D eigenvalue weighted by atomic mass is 10.1. The Morgan fingerprint density at radius 2 is 1.59 bits per heavy atom. The fourth-order valence-corrected chi connectivity index (χ4v) is 4.24. The number of nitrogens with zero attached hydrogens (tertiary/aromatic N) is 4. The minimum Gasteiger partial charge on any atom is -0.460 e. The van der Waals surface area contributed by atoms with Gasteiger partial charge in [0.25, 0.3) is 5.91 Å². The third-order valence-electron chi connectivity index (χ3n) is 6.11. The average Bonchev–Trinajstić information content (AvgIpc) is 2.90. The van der Waals surface area contributed by atoms with Crippen molar-refractivity contribution in [1.82, 2.24) is 25.0 Å². The Labute approximate surface area is 230 Å². The summed E-state index contributed by atoms with van der Waals surface area (Å²) in [6, 6.07) is 13.7. The molecular formula is C29H39N5O5. The Morgan fingerprint density at radius 1 is 0.949 bits per heavy atom. The van der Waals surface area contributed by atoms with E-state index in [-0.39, 0.29) is 30.3 Å². The topological polar surface area (TPSA) is 112 Å². The summed E-state index contributed by atoms with van der Waals surface area (Å²) in [4.78, 5) is 61.2. The van der Waals surface area contributed by atoms with Gasteiger partial charge in [-0.1, -0.05) is 36.4 Å². The van der Waals surface area contributed by atoms with Gasteiger partial charge in [0, 0.05) is 38.2 Å². The minimum absolute atomic E-state index is 0.00579. The van der Waals surface area contributed by atoms with E-state index < -0.39 is 23.5 Å². The van der Waals surface area contributed by atoms with Crippen molar-refractivity contribution in [3.8, 4) is 11.3 Å². The largest absolute Gasteiger partial charge is 0.460 e. The number of carbonyl (C=O) groups excluding carboxylic acids is 4. The molecule has 210 valence electrons. The predicted molar refractivity (Wildman–Crippen MR) is 148 cm³/mol. The monoisotopic (exact) mass is 537 g/mol. The molecule has 3 rings (SSSR count). The van der Waals surface area contributed by atoms with Crippen LogP contribution < -0.4 is 5.32 Å². The number of pyridine rings is 1. The van der Waals surface area contributed by atoms with E-state index in [4.69, 9.17) is 4.74 Å². The van der Waals surface area contributed by atoms with Crippen LogP contribution in [0.15, 0.2) is 48.5 Å². The quantitative estimate of drug-likeness (QED) is 0.488. The van der Waals surface area contributed by atoms with Crippen LogP contribution >= 0.6 is 0 Å². The van der Waals surface area contributed by atoms with E-state index in [1.807, 2.05) is 55.4 Å². The number of hydrogen-bond acceptors (Lipinski definition) is 7. The predicted octanol–water partition coefficient (Wildman–Crippen LogP) is 2.20. The van der Waals surface area contributed by atoms with Crippen LogP contribution in [0.4, 0.5) is 0 Å². The number of nitrogens with one attached hydrogen (secondary N) is 1. The van der Waals surface area contributed by atoms with Crippen molar-refractivity contribution >= 4 is 23.7 Å². The molecule has 1 aromatic heterocycles. The highest BCUT2D eigenvalue weighted by Gasteiger charge is 2.31. The first-order valence-electron chi connectivity index (χ1n) is 13.2. The number of amides is 3. The van der Waals surface area contributed by atoms with Crippen molar-refractivity contribution in [1.29, 1.82) is 0 Å². The van der Waals surface area contributed by atoms with Gasteiger partial charge >= 0.3 is 5.97 Å². The fourth-order valence-electron chi connectivity index (χ4n) is 4.24. The zero-order chi connectivity index (χ0) is 28.6. The van der Waals surface area contributed by atoms with Crippen LogP contribution in [0.1, 0.15) is 44.1 Å². The molecule has 0 aliphatic carbocycles. The number of likely N-dealkylation sites (N-methyl/N-ethyl adjacent to an activating group) is 1. The molecule has 2 heterocycles. The molecule has 2 aromatic rings. The van der Waals surface area contributed by atoms with Gasteiger partial charge in [-0.05, 0) is 53.4 Å². The van der Waals surface area contributed by atoms with E-state index in [0.717, 1.165) is 5.56 Å². The highest BCUT2D eigenvalue weighted by molar-refractivity contribution is 5.96. The Hall–Kier alpha value is -3.79. The van der Waals surface area contributed by atoms with Crippen LogP contribution in [0.2, 0.25) is 0 Å². The van der Waals surface area contributed by atoms with Gasteiger partial charge in [-0.3, -0.25) is 19.2 Å². The first kappa shape index (κ1) is 29.8. The summed E-state index contributed by atoms with van der Waals surface area (Å²) in [5, 5.41) is 2.80. The fraction of sp³-hybridized carbons (Fsp3) is 0.483. The van der Waals surface area contributed by atoms with Gasteiger partial charge in [-0.2, -0.15) is 0 Å². The van der Waals surface area contributed by atoms with E-state index in [1.165, 1.54) is 0 Å². The third kappa shape index (κ3) is 9.17. The molecule has 0 bridgehead atoms. The molecule has 1 aromatic carbocycles. The van der Waals surface area contributed by atoms with Crippen LogP contribution in [0.25, 0.3) is 11.3 Å². The van der Waals surface area contributed by atoms with E-state index in [2.05, 4.69) is 10.3 Å². The van der Waals surface area contributed by atoms with Crippen molar-refractivity contribution in [2.45, 2.75) is 45.3 Å². The maximum Gasteiger partial charge on any atom is 0.306 e. The molecule has 10 heteroatoms. The SMILES string of the molecule is CN(C)CC(=O)N1CCN(C(=O)[C@H](CCC(=O)OC(C)(C)C)NC(=O)c2cccc(-c3ccccc3)n2)CC1. The maximum atomic E-state index is 13.5. The number of carbonyl (C=O) groups is 4. The Kier molecular flexibility index (Phi) is 10.2. The van der Waals surface area contributed by atoms with Crippen LogP contribution in [0, 0.1) is 0 Å². The van der Waals surface area contributed by atoms with Crippen LogP contribution in [0.3, 0.4) is 0 Å². The Bertz CT molecular complexity index is 1150. The lowest BCUT2D eigenvalue weighted by molar-refractivity contribution is -0.155. The van der Waals surface area contributed by atoms with Gasteiger partial charge in [0.2, 0.25) is 11.8 Å². The summed E-state index contributed by atoms with van der Waals surface area (Å²) in [5.41, 5.74) is 1.02. The van der Waals surface area contributed by atoms with Crippen molar-refractivity contribution in [3.63, 3.8) is 0 Å². The zero-order valence-electron chi connectivity index (χ0n) is 23.5. The molecule has 0 saturated carbocycles. The van der Waals surface area contributed by atoms with Crippen molar-refractivity contribution in [2.75, 3.05) is 46.8 Å². The first-order chi connectivity index (χ1) is 18.4. The van der Waals surface area contributed by atoms with E-state index in [9.17, 15) is 19.2 Å². The number of aromatic nitrogens is 1. The smallest absolute Gasteiger partial charge is 0.306 e. The standard InChI is InChI=1S/C29H39N5O5/c1-29(2,3)39-26(36)15-14-24(28(38)34-18-16-33(17-19-34)25(35)20-32(4)5)31-27(37)23-13-9-12-22(30-23)21-10-7-6-8-11-21/h6-13,24H,14-20H2,1-5H3,(H,31,37)/t24-/m0/s1. The third-order valence-corrected chi connectivity index (χ3v) is 6.11. The number of ether oxygens (including phenoxy) is 1. The number of piperazine rings is 1. The van der Waals surface area contributed by atoms with Crippen molar-refractivity contribution in [3.05, 3.63) is 54.2 Å². The highest BCUT2D eigenvalue weighted by atomic mass is 16.6. The number of hydrogen-bond donors (Lipinski definition) is 1. The highest BCUT2D eigenvalue weighted by Crippen LogP contribution is 2.17. The Morgan fingerprint density at radius 3 is 2.21 bits per heavy atom. The molecule has 10 nitrogen and oxygen atoms in total. The molecule has 1 atom stereocenters. The van der Waals surface area contributed by atoms with Crippen molar-refractivity contribution < 1.29 is 23.9 Å². The molecule has 1 aliphatic heterocycles. The molecule has 1 saturated heterocycles. The van der Waals surface area contributed by atoms with E-state index >= 15 is 0 Å². The van der Waals surface area contributed by atoms with Gasteiger partial charge in [0.05, 0.1) is 12.2 Å². The zero-order valence-corrected chi connectivity index (χ0v) is 23.5. The summed E-state index contributed by atoms with van der Waals surface area (Å²) in [6.07, 6.45) is 0.0460. The normalized spacial score (nSPS) is 14.6. The summed E-state index contributed by atoms with van der Waals surface area (Å²) >= 11 is 0. The molecule has 0 radical (unpaired) electrons. The number of esters is 1. The number of benzene rings is 1. The van der Waals surface area contributed by atoms with Gasteiger partial charge in [-0.25, -0.2) is 4.98 Å². The molecule has 0 unspecified atom stereocenters. The van der Waals surface area contributed by atoms with Gasteiger partial charge in [0.15, 0.2) is 0 Å². The second-order valence-electron chi connectivity index (χ2n) is 10.9. The second-order valence-corrected chi connectivity index (χ2v) is 10.9. The molecule has 0 spiro atoms. The Balaban J connectivity index is 1.72. The summed E-state index contributed by atoms with van der Waals surface area (Å²) < 4.78 is 5.40. The maximum absolute atomic E-state index is 13.5. The lowest BCUT2D eigenvalue weighted by Gasteiger charge is -2.37. The minimum atomic E-state index is -0.948. The van der Waals surface area contributed by atoms with Gasteiger partial charge in [0.1, 0.15) is 17.3 Å². The molecule has 1 aliphatic rings. The van der Waals surface area contributed by atoms with Crippen LogP contribution in [0.5, 0.6) is 0 Å². The van der Waals surface area contributed by atoms with Gasteiger partial charge < -0.3 is 24.8 Å². The molecule has 3 amide bonds. The van der Waals surface area contributed by atoms with E-state index in [0.29, 0.717) is 38.4 Å². The van der Waals surface area contributed by atoms with Crippen LogP contribution in [-0.2, 0) is 19.1 Å². The lowest BCUT2D eigenvalue weighted by Crippen LogP contribution is -2.56. The summed E-state index contributed by atoms with van der Waals surface area (Å²) in [6.45, 7) is 7.14. The summed E-state index contributed by atoms with van der Waals surface area (Å²) in [5.74, 6) is -1.25. The van der Waals surface area contributed by atoms with E-state index in [1.54, 1.807) is 42.7 Å². The van der Waals surface area contributed by atoms with Crippen LogP contribution in [-0.4, -0.2) is 102 Å². The first-order valence-corrected chi connectivity index (χ1v) is 13.2. The molecule has 1 fully saturated rings. The molecule has 39 heavy (non-hydrogen) atoms. The van der Waals surface area contributed by atoms with Gasteiger partial charge in [-0.15, -0.1) is 0 Å². The molecular weight excluding hydrogens is 498 g/mol. The summed E-state index contributed by atoms with van der Waals surface area (Å²) in [7, 11) is 3.67.